The van der Waals surface area contributed by atoms with E-state index in [-0.39, 0.29) is 5.41 Å². The molecule has 0 aromatic rings. The summed E-state index contributed by atoms with van der Waals surface area (Å²) in [6.07, 6.45) is 13.9. The molecule has 15 heavy (non-hydrogen) atoms. The minimum atomic E-state index is -0.517. The molecule has 0 aliphatic rings. The van der Waals surface area contributed by atoms with Gasteiger partial charge in [0, 0.05) is 12.8 Å². The number of rotatable bonds is 5. The van der Waals surface area contributed by atoms with Gasteiger partial charge in [-0.15, -0.1) is 24.7 Å². The summed E-state index contributed by atoms with van der Waals surface area (Å²) in [6, 6.07) is 0. The highest BCUT2D eigenvalue weighted by Gasteiger charge is 2.15. The quantitative estimate of drug-likeness (QED) is 0.539. The van der Waals surface area contributed by atoms with Gasteiger partial charge in [-0.3, -0.25) is 0 Å². The lowest BCUT2D eigenvalue weighted by atomic mass is 9.85. The monoisotopic (exact) mass is 204 g/mol. The van der Waals surface area contributed by atoms with Crippen molar-refractivity contribution >= 4 is 0 Å². The van der Waals surface area contributed by atoms with Crippen LogP contribution in [-0.2, 0) is 0 Å². The molecular formula is C14H20O. The van der Waals surface area contributed by atoms with Crippen LogP contribution in [0, 0.1) is 30.1 Å². The Morgan fingerprint density at radius 2 is 2.00 bits per heavy atom. The number of allylic oxidation sites excluding steroid dienone is 1. The molecular weight excluding hydrogens is 184 g/mol. The molecule has 0 rings (SSSR count). The van der Waals surface area contributed by atoms with Crippen LogP contribution in [-0.4, -0.2) is 11.2 Å². The van der Waals surface area contributed by atoms with Crippen LogP contribution in [0.2, 0.25) is 0 Å². The molecule has 0 aromatic carbocycles. The van der Waals surface area contributed by atoms with Crippen molar-refractivity contribution in [1.82, 2.24) is 0 Å². The van der Waals surface area contributed by atoms with E-state index in [0.717, 1.165) is 18.4 Å². The fraction of sp³-hybridized carbons (Fsp3) is 0.571. The van der Waals surface area contributed by atoms with E-state index >= 15 is 0 Å². The number of aliphatic hydroxyl groups is 1. The van der Waals surface area contributed by atoms with E-state index in [4.69, 9.17) is 12.8 Å². The Morgan fingerprint density at radius 1 is 1.40 bits per heavy atom. The number of aliphatic hydroxyl groups excluding tert-OH is 1. The molecule has 0 saturated carbocycles. The second kappa shape index (κ2) is 6.33. The first kappa shape index (κ1) is 13.8. The fourth-order valence-corrected chi connectivity index (χ4v) is 1.19. The fourth-order valence-electron chi connectivity index (χ4n) is 1.19. The summed E-state index contributed by atoms with van der Waals surface area (Å²) in [4.78, 5) is 0. The zero-order valence-corrected chi connectivity index (χ0v) is 9.88. The highest BCUT2D eigenvalue weighted by Crippen LogP contribution is 2.25. The summed E-state index contributed by atoms with van der Waals surface area (Å²) in [5, 5.41) is 9.59. The zero-order valence-electron chi connectivity index (χ0n) is 9.88. The van der Waals surface area contributed by atoms with Crippen LogP contribution in [0.25, 0.3) is 0 Å². The van der Waals surface area contributed by atoms with Gasteiger partial charge in [-0.05, 0) is 24.3 Å². The second-order valence-electron chi connectivity index (χ2n) is 4.62. The third-order valence-corrected chi connectivity index (χ3v) is 2.39. The van der Waals surface area contributed by atoms with Crippen LogP contribution in [0.5, 0.6) is 0 Å². The number of hydrogen-bond acceptors (Lipinski definition) is 1. The summed E-state index contributed by atoms with van der Waals surface area (Å²) in [5.74, 6) is 5.11. The lowest BCUT2D eigenvalue weighted by molar-refractivity contribution is 0.215. The molecule has 82 valence electrons. The number of terminal acetylenes is 2. The first-order valence-electron chi connectivity index (χ1n) is 5.14. The predicted octanol–water partition coefficient (Wildman–Crippen LogP) is 2.76. The first-order valence-corrected chi connectivity index (χ1v) is 5.14. The largest absolute Gasteiger partial charge is 0.388 e. The molecule has 1 heteroatoms. The van der Waals surface area contributed by atoms with E-state index in [2.05, 4.69) is 25.7 Å². The Morgan fingerprint density at radius 3 is 2.47 bits per heavy atom. The molecule has 1 atom stereocenters. The molecule has 0 radical (unpaired) electrons. The van der Waals surface area contributed by atoms with Gasteiger partial charge >= 0.3 is 0 Å². The van der Waals surface area contributed by atoms with Gasteiger partial charge in [-0.25, -0.2) is 0 Å². The van der Waals surface area contributed by atoms with Crippen molar-refractivity contribution < 1.29 is 5.11 Å². The Labute approximate surface area is 93.6 Å². The standard InChI is InChI=1S/C14H20O/c1-6-8-13(15)12(3)9-11-14(4,5)10-7-2/h1-2,9,13,15H,8,10-11H2,3-5H3/b12-9+/t13-/m1/s1. The van der Waals surface area contributed by atoms with Crippen molar-refractivity contribution in [3.8, 4) is 24.7 Å². The molecule has 0 spiro atoms. The van der Waals surface area contributed by atoms with Gasteiger partial charge in [0.05, 0.1) is 6.10 Å². The third-order valence-electron chi connectivity index (χ3n) is 2.39. The first-order chi connectivity index (χ1) is 6.93. The van der Waals surface area contributed by atoms with Gasteiger partial charge in [0.15, 0.2) is 0 Å². The van der Waals surface area contributed by atoms with Gasteiger partial charge in [-0.1, -0.05) is 19.9 Å². The Hall–Kier alpha value is -1.18. The van der Waals surface area contributed by atoms with Gasteiger partial charge < -0.3 is 5.11 Å². The summed E-state index contributed by atoms with van der Waals surface area (Å²) in [6.45, 7) is 6.13. The maximum Gasteiger partial charge on any atom is 0.0856 e. The van der Waals surface area contributed by atoms with Crippen molar-refractivity contribution in [1.29, 1.82) is 0 Å². The number of hydrogen-bond donors (Lipinski definition) is 1. The summed E-state index contributed by atoms with van der Waals surface area (Å²) < 4.78 is 0. The third kappa shape index (κ3) is 6.00. The molecule has 1 nitrogen and oxygen atoms in total. The van der Waals surface area contributed by atoms with E-state index in [1.165, 1.54) is 0 Å². The molecule has 0 saturated heterocycles. The van der Waals surface area contributed by atoms with Crippen LogP contribution >= 0.6 is 0 Å². The van der Waals surface area contributed by atoms with E-state index in [0.29, 0.717) is 6.42 Å². The predicted molar refractivity (Wildman–Crippen MR) is 65.1 cm³/mol. The Bertz CT molecular complexity index is 296. The van der Waals surface area contributed by atoms with Crippen molar-refractivity contribution in [2.45, 2.75) is 46.1 Å². The van der Waals surface area contributed by atoms with Gasteiger partial charge in [0.1, 0.15) is 0 Å². The average molecular weight is 204 g/mol. The molecule has 0 fully saturated rings. The smallest absolute Gasteiger partial charge is 0.0856 e. The minimum Gasteiger partial charge on any atom is -0.388 e. The summed E-state index contributed by atoms with van der Waals surface area (Å²) in [7, 11) is 0. The molecule has 0 unspecified atom stereocenters. The van der Waals surface area contributed by atoms with E-state index in [1.54, 1.807) is 0 Å². The summed E-state index contributed by atoms with van der Waals surface area (Å²) in [5.41, 5.74) is 1.02. The second-order valence-corrected chi connectivity index (χ2v) is 4.62. The normalized spacial score (nSPS) is 14.1. The Kier molecular flexibility index (Phi) is 5.83. The van der Waals surface area contributed by atoms with Crippen molar-refractivity contribution in [3.63, 3.8) is 0 Å². The summed E-state index contributed by atoms with van der Waals surface area (Å²) >= 11 is 0. The van der Waals surface area contributed by atoms with Crippen molar-refractivity contribution in [3.05, 3.63) is 11.6 Å². The maximum absolute atomic E-state index is 9.59. The highest BCUT2D eigenvalue weighted by molar-refractivity contribution is 5.09. The highest BCUT2D eigenvalue weighted by atomic mass is 16.3. The van der Waals surface area contributed by atoms with Crippen LogP contribution < -0.4 is 0 Å². The van der Waals surface area contributed by atoms with Gasteiger partial charge in [-0.2, -0.15) is 0 Å². The van der Waals surface area contributed by atoms with Crippen LogP contribution in [0.3, 0.4) is 0 Å². The minimum absolute atomic E-state index is 0.0892. The van der Waals surface area contributed by atoms with E-state index in [9.17, 15) is 5.11 Å². The molecule has 1 N–H and O–H groups in total. The molecule has 0 aromatic heterocycles. The lowest BCUT2D eigenvalue weighted by Crippen LogP contribution is -2.11. The molecule has 0 aliphatic heterocycles. The lowest BCUT2D eigenvalue weighted by Gasteiger charge is -2.20. The van der Waals surface area contributed by atoms with Crippen LogP contribution in [0.4, 0.5) is 0 Å². The van der Waals surface area contributed by atoms with Crippen LogP contribution in [0.1, 0.15) is 40.0 Å². The molecule has 0 aliphatic carbocycles. The van der Waals surface area contributed by atoms with Crippen molar-refractivity contribution in [2.75, 3.05) is 0 Å². The zero-order chi connectivity index (χ0) is 11.9. The molecule has 0 bridgehead atoms. The van der Waals surface area contributed by atoms with E-state index in [1.807, 2.05) is 13.0 Å². The average Bonchev–Trinajstić information content (AvgIpc) is 2.14. The topological polar surface area (TPSA) is 20.2 Å². The SMILES string of the molecule is C#CC[C@@H](O)/C(C)=C/CC(C)(C)CC#C. The van der Waals surface area contributed by atoms with Crippen molar-refractivity contribution in [2.24, 2.45) is 5.41 Å². The van der Waals surface area contributed by atoms with Gasteiger partial charge in [0.25, 0.3) is 0 Å². The molecule has 0 heterocycles. The van der Waals surface area contributed by atoms with E-state index < -0.39 is 6.10 Å². The Balaban J connectivity index is 4.29. The maximum atomic E-state index is 9.59. The molecule has 0 amide bonds. The van der Waals surface area contributed by atoms with Gasteiger partial charge in [0.2, 0.25) is 0 Å². The van der Waals surface area contributed by atoms with Crippen LogP contribution in [0.15, 0.2) is 11.6 Å².